The summed E-state index contributed by atoms with van der Waals surface area (Å²) in [4.78, 5) is 24.1. The van der Waals surface area contributed by atoms with Crippen LogP contribution in [0.4, 0.5) is 10.5 Å². The minimum atomic E-state index is -0.398. The maximum atomic E-state index is 12.1. The highest BCUT2D eigenvalue weighted by atomic mass is 16.5. The molecule has 1 aliphatic rings. The van der Waals surface area contributed by atoms with Crippen LogP contribution >= 0.6 is 0 Å². The zero-order valence-corrected chi connectivity index (χ0v) is 13.1. The van der Waals surface area contributed by atoms with E-state index in [4.69, 9.17) is 4.74 Å². The minimum Gasteiger partial charge on any atom is -0.493 e. The van der Waals surface area contributed by atoms with Crippen LogP contribution in [0.2, 0.25) is 0 Å². The van der Waals surface area contributed by atoms with E-state index >= 15 is 0 Å². The van der Waals surface area contributed by atoms with E-state index in [-0.39, 0.29) is 23.2 Å². The Morgan fingerprint density at radius 1 is 1.30 bits per heavy atom. The van der Waals surface area contributed by atoms with Crippen molar-refractivity contribution < 1.29 is 9.53 Å². The second kappa shape index (κ2) is 6.16. The predicted molar refractivity (Wildman–Crippen MR) is 88.0 cm³/mol. The summed E-state index contributed by atoms with van der Waals surface area (Å²) in [5, 5.41) is 5.48. The average Bonchev–Trinajstić information content (AvgIpc) is 2.96. The third-order valence-corrected chi connectivity index (χ3v) is 4.07. The van der Waals surface area contributed by atoms with Crippen LogP contribution in [0.3, 0.4) is 0 Å². The summed E-state index contributed by atoms with van der Waals surface area (Å²) in [6, 6.07) is 10.6. The first-order valence-electron chi connectivity index (χ1n) is 7.51. The molecule has 3 rings (SSSR count). The molecule has 0 saturated carbocycles. The number of benzene rings is 1. The first kappa shape index (κ1) is 15.1. The lowest BCUT2D eigenvalue weighted by Gasteiger charge is -2.20. The van der Waals surface area contributed by atoms with E-state index in [1.165, 1.54) is 4.57 Å². The predicted octanol–water partition coefficient (Wildman–Crippen LogP) is 2.07. The van der Waals surface area contributed by atoms with Crippen molar-refractivity contribution in [1.29, 1.82) is 0 Å². The lowest BCUT2D eigenvalue weighted by atomic mass is 9.94. The number of nitrogens with one attached hydrogen (secondary N) is 2. The Hall–Kier alpha value is -2.76. The Morgan fingerprint density at radius 3 is 2.91 bits per heavy atom. The zero-order chi connectivity index (χ0) is 16.4. The maximum Gasteiger partial charge on any atom is 0.319 e. The van der Waals surface area contributed by atoms with E-state index in [2.05, 4.69) is 10.6 Å². The second-order valence-corrected chi connectivity index (χ2v) is 5.68. The van der Waals surface area contributed by atoms with Crippen LogP contribution in [-0.2, 0) is 7.05 Å². The molecule has 0 aliphatic carbocycles. The van der Waals surface area contributed by atoms with Crippen LogP contribution in [-0.4, -0.2) is 23.2 Å². The molecule has 0 unspecified atom stereocenters. The van der Waals surface area contributed by atoms with Crippen LogP contribution in [0, 0.1) is 0 Å². The molecular weight excluding hydrogens is 294 g/mol. The molecule has 23 heavy (non-hydrogen) atoms. The number of carbonyl (C=O) groups excluding carboxylic acids is 1. The summed E-state index contributed by atoms with van der Waals surface area (Å²) < 4.78 is 7.06. The number of para-hydroxylation sites is 1. The van der Waals surface area contributed by atoms with Gasteiger partial charge in [0, 0.05) is 30.8 Å². The number of anilines is 1. The highest BCUT2D eigenvalue weighted by Crippen LogP contribution is 2.35. The number of hydrogen-bond donors (Lipinski definition) is 2. The van der Waals surface area contributed by atoms with E-state index in [1.54, 1.807) is 25.4 Å². The van der Waals surface area contributed by atoms with Gasteiger partial charge in [0.05, 0.1) is 6.61 Å². The SMILES string of the molecule is C[C@H](NC(=O)Nc1cccn(C)c1=O)[C@H]1COc2ccccc21. The summed E-state index contributed by atoms with van der Waals surface area (Å²) >= 11 is 0. The van der Waals surface area contributed by atoms with Crippen molar-refractivity contribution in [2.45, 2.75) is 18.9 Å². The lowest BCUT2D eigenvalue weighted by Crippen LogP contribution is -2.41. The van der Waals surface area contributed by atoms with Crippen LogP contribution in [0.15, 0.2) is 47.4 Å². The van der Waals surface area contributed by atoms with Gasteiger partial charge in [-0.05, 0) is 25.1 Å². The summed E-state index contributed by atoms with van der Waals surface area (Å²) in [7, 11) is 1.64. The van der Waals surface area contributed by atoms with Crippen LogP contribution < -0.4 is 20.9 Å². The van der Waals surface area contributed by atoms with Crippen molar-refractivity contribution in [2.75, 3.05) is 11.9 Å². The monoisotopic (exact) mass is 313 g/mol. The van der Waals surface area contributed by atoms with Gasteiger partial charge in [0.2, 0.25) is 0 Å². The number of hydrogen-bond acceptors (Lipinski definition) is 3. The van der Waals surface area contributed by atoms with Crippen LogP contribution in [0.1, 0.15) is 18.4 Å². The molecule has 2 heterocycles. The average molecular weight is 313 g/mol. The largest absolute Gasteiger partial charge is 0.493 e. The number of amides is 2. The third kappa shape index (κ3) is 3.06. The topological polar surface area (TPSA) is 72.4 Å². The number of pyridine rings is 1. The fourth-order valence-corrected chi connectivity index (χ4v) is 2.76. The number of ether oxygens (including phenoxy) is 1. The molecule has 0 fully saturated rings. The normalized spacial score (nSPS) is 17.0. The van der Waals surface area contributed by atoms with Gasteiger partial charge in [-0.15, -0.1) is 0 Å². The molecule has 2 atom stereocenters. The van der Waals surface area contributed by atoms with Gasteiger partial charge in [-0.2, -0.15) is 0 Å². The Kier molecular flexibility index (Phi) is 4.06. The van der Waals surface area contributed by atoms with E-state index in [1.807, 2.05) is 31.2 Å². The Morgan fingerprint density at radius 2 is 2.09 bits per heavy atom. The molecule has 120 valence electrons. The summed E-state index contributed by atoms with van der Waals surface area (Å²) in [6.45, 7) is 2.46. The van der Waals surface area contributed by atoms with Gasteiger partial charge in [0.15, 0.2) is 0 Å². The molecule has 2 amide bonds. The summed E-state index contributed by atoms with van der Waals surface area (Å²) in [6.07, 6.45) is 1.64. The number of carbonyl (C=O) groups is 1. The first-order chi connectivity index (χ1) is 11.1. The van der Waals surface area contributed by atoms with Crippen LogP contribution in [0.5, 0.6) is 5.75 Å². The van der Waals surface area contributed by atoms with Crippen molar-refractivity contribution in [3.8, 4) is 5.75 Å². The summed E-state index contributed by atoms with van der Waals surface area (Å²) in [5.74, 6) is 0.957. The zero-order valence-electron chi connectivity index (χ0n) is 13.1. The highest BCUT2D eigenvalue weighted by Gasteiger charge is 2.29. The number of nitrogens with zero attached hydrogens (tertiary/aromatic N) is 1. The third-order valence-electron chi connectivity index (χ3n) is 4.07. The highest BCUT2D eigenvalue weighted by molar-refractivity contribution is 5.89. The molecule has 2 aromatic rings. The van der Waals surface area contributed by atoms with Gasteiger partial charge in [0.1, 0.15) is 11.4 Å². The quantitative estimate of drug-likeness (QED) is 0.911. The van der Waals surface area contributed by atoms with Gasteiger partial charge in [-0.3, -0.25) is 4.79 Å². The molecule has 0 radical (unpaired) electrons. The number of aromatic nitrogens is 1. The van der Waals surface area contributed by atoms with Gasteiger partial charge >= 0.3 is 6.03 Å². The summed E-state index contributed by atoms with van der Waals surface area (Å²) in [5.41, 5.74) is 1.10. The lowest BCUT2D eigenvalue weighted by molar-refractivity contribution is 0.244. The number of rotatable bonds is 3. The van der Waals surface area contributed by atoms with Gasteiger partial charge in [-0.1, -0.05) is 18.2 Å². The second-order valence-electron chi connectivity index (χ2n) is 5.68. The minimum absolute atomic E-state index is 0.0931. The van der Waals surface area contributed by atoms with E-state index < -0.39 is 6.03 Å². The maximum absolute atomic E-state index is 12.1. The van der Waals surface area contributed by atoms with Crippen molar-refractivity contribution in [2.24, 2.45) is 7.05 Å². The van der Waals surface area contributed by atoms with Crippen LogP contribution in [0.25, 0.3) is 0 Å². The first-order valence-corrected chi connectivity index (χ1v) is 7.51. The van der Waals surface area contributed by atoms with Crippen molar-refractivity contribution >= 4 is 11.7 Å². The van der Waals surface area contributed by atoms with Gasteiger partial charge in [0.25, 0.3) is 5.56 Å². The molecular formula is C17H19N3O3. The Bertz CT molecular complexity index is 785. The Balaban J connectivity index is 1.67. The smallest absolute Gasteiger partial charge is 0.319 e. The van der Waals surface area contributed by atoms with Gasteiger partial charge in [-0.25, -0.2) is 4.79 Å². The molecule has 0 bridgehead atoms. The van der Waals surface area contributed by atoms with E-state index in [0.717, 1.165) is 11.3 Å². The Labute approximate surface area is 134 Å². The van der Waals surface area contributed by atoms with E-state index in [0.29, 0.717) is 6.61 Å². The number of urea groups is 1. The molecule has 0 spiro atoms. The molecule has 1 aromatic heterocycles. The molecule has 2 N–H and O–H groups in total. The molecule has 1 aromatic carbocycles. The van der Waals surface area contributed by atoms with Crippen molar-refractivity contribution in [3.05, 3.63) is 58.5 Å². The number of aryl methyl sites for hydroxylation is 1. The molecule has 1 aliphatic heterocycles. The fourth-order valence-electron chi connectivity index (χ4n) is 2.76. The fraction of sp³-hybridized carbons (Fsp3) is 0.294. The number of fused-ring (bicyclic) bond motifs is 1. The standard InChI is InChI=1S/C17H19N3O3/c1-11(13-10-23-15-8-4-3-6-12(13)15)18-17(22)19-14-7-5-9-20(2)16(14)21/h3-9,11,13H,10H2,1-2H3,(H2,18,19,22)/t11-,13+/m0/s1. The molecule has 0 saturated heterocycles. The van der Waals surface area contributed by atoms with Crippen molar-refractivity contribution in [3.63, 3.8) is 0 Å². The van der Waals surface area contributed by atoms with Gasteiger partial charge < -0.3 is 19.9 Å². The molecule has 6 nitrogen and oxygen atoms in total. The van der Waals surface area contributed by atoms with Crippen molar-refractivity contribution in [1.82, 2.24) is 9.88 Å². The molecule has 6 heteroatoms. The van der Waals surface area contributed by atoms with E-state index in [9.17, 15) is 9.59 Å².